The third kappa shape index (κ3) is 4.32. The Balaban J connectivity index is 3.73. The van der Waals surface area contributed by atoms with E-state index in [1.807, 2.05) is 0 Å². The molecule has 5 heteroatoms. The first kappa shape index (κ1) is 9.90. The maximum atomic E-state index is 10.7. The van der Waals surface area contributed by atoms with E-state index in [2.05, 4.69) is 4.74 Å². The Bertz CT molecular complexity index is 158. The van der Waals surface area contributed by atoms with E-state index in [0.29, 0.717) is 0 Å². The smallest absolute Gasteiger partial charge is 0.323 e. The highest BCUT2D eigenvalue weighted by Crippen LogP contribution is 1.90. The van der Waals surface area contributed by atoms with Crippen LogP contribution < -0.4 is 11.5 Å². The van der Waals surface area contributed by atoms with E-state index in [0.717, 1.165) is 0 Å². The molecule has 0 spiro atoms. The van der Waals surface area contributed by atoms with Gasteiger partial charge in [0.1, 0.15) is 6.04 Å². The van der Waals surface area contributed by atoms with E-state index in [1.165, 1.54) is 0 Å². The van der Waals surface area contributed by atoms with Crippen molar-refractivity contribution in [3.63, 3.8) is 0 Å². The van der Waals surface area contributed by atoms with Crippen LogP contribution in [-0.4, -0.2) is 24.5 Å². The van der Waals surface area contributed by atoms with E-state index in [-0.39, 0.29) is 13.0 Å². The van der Waals surface area contributed by atoms with Crippen LogP contribution in [0.15, 0.2) is 0 Å². The van der Waals surface area contributed by atoms with Gasteiger partial charge in [0.2, 0.25) is 5.91 Å². The predicted molar refractivity (Wildman–Crippen MR) is 38.4 cm³/mol. The fourth-order valence-corrected chi connectivity index (χ4v) is 0.549. The third-order valence-corrected chi connectivity index (χ3v) is 1.01. The zero-order valence-electron chi connectivity index (χ0n) is 6.37. The number of primary amides is 1. The van der Waals surface area contributed by atoms with Crippen LogP contribution in [0.2, 0.25) is 0 Å². The van der Waals surface area contributed by atoms with Crippen molar-refractivity contribution in [1.82, 2.24) is 0 Å². The molecule has 0 saturated heterocycles. The van der Waals surface area contributed by atoms with Crippen molar-refractivity contribution in [2.24, 2.45) is 11.5 Å². The first-order chi connectivity index (χ1) is 5.07. The van der Waals surface area contributed by atoms with Gasteiger partial charge in [0.05, 0.1) is 13.0 Å². The first-order valence-corrected chi connectivity index (χ1v) is 3.28. The van der Waals surface area contributed by atoms with Gasteiger partial charge in [-0.05, 0) is 6.92 Å². The van der Waals surface area contributed by atoms with E-state index in [1.54, 1.807) is 6.92 Å². The molecule has 0 fully saturated rings. The van der Waals surface area contributed by atoms with Gasteiger partial charge in [-0.3, -0.25) is 9.59 Å². The van der Waals surface area contributed by atoms with Crippen molar-refractivity contribution in [2.75, 3.05) is 6.61 Å². The molecule has 0 aromatic carbocycles. The van der Waals surface area contributed by atoms with Gasteiger partial charge in [0, 0.05) is 0 Å². The number of hydrogen-bond acceptors (Lipinski definition) is 4. The van der Waals surface area contributed by atoms with Gasteiger partial charge >= 0.3 is 5.97 Å². The Morgan fingerprint density at radius 3 is 2.45 bits per heavy atom. The second-order valence-corrected chi connectivity index (χ2v) is 2.03. The SMILES string of the molecule is CCOC(=O)[C@@H](N)CC(N)=O. The van der Waals surface area contributed by atoms with Gasteiger partial charge in [-0.25, -0.2) is 0 Å². The summed E-state index contributed by atoms with van der Waals surface area (Å²) in [7, 11) is 0. The molecule has 0 aromatic rings. The predicted octanol–water partition coefficient (Wildman–Crippen LogP) is -1.25. The third-order valence-electron chi connectivity index (χ3n) is 1.01. The van der Waals surface area contributed by atoms with Crippen molar-refractivity contribution in [3.05, 3.63) is 0 Å². The standard InChI is InChI=1S/C6H12N2O3/c1-2-11-6(10)4(7)3-5(8)9/h4H,2-3,7H2,1H3,(H2,8,9)/t4-/m0/s1. The minimum absolute atomic E-state index is 0.168. The number of hydrogen-bond donors (Lipinski definition) is 2. The fourth-order valence-electron chi connectivity index (χ4n) is 0.549. The van der Waals surface area contributed by atoms with Gasteiger partial charge in [-0.1, -0.05) is 0 Å². The van der Waals surface area contributed by atoms with Crippen LogP contribution in [0, 0.1) is 0 Å². The van der Waals surface area contributed by atoms with Gasteiger partial charge in [-0.15, -0.1) is 0 Å². The molecule has 0 bridgehead atoms. The summed E-state index contributed by atoms with van der Waals surface area (Å²) in [6.45, 7) is 1.92. The molecule has 0 aliphatic heterocycles. The molecule has 0 aliphatic carbocycles. The monoisotopic (exact) mass is 160 g/mol. The van der Waals surface area contributed by atoms with Crippen LogP contribution in [-0.2, 0) is 14.3 Å². The zero-order valence-corrected chi connectivity index (χ0v) is 6.37. The topological polar surface area (TPSA) is 95.4 Å². The fraction of sp³-hybridized carbons (Fsp3) is 0.667. The van der Waals surface area contributed by atoms with Gasteiger partial charge in [-0.2, -0.15) is 0 Å². The summed E-state index contributed by atoms with van der Waals surface area (Å²) < 4.78 is 4.53. The highest BCUT2D eigenvalue weighted by Gasteiger charge is 2.16. The average Bonchev–Trinajstić information content (AvgIpc) is 1.86. The quantitative estimate of drug-likeness (QED) is 0.502. The van der Waals surface area contributed by atoms with Crippen LogP contribution >= 0.6 is 0 Å². The lowest BCUT2D eigenvalue weighted by molar-refractivity contribution is -0.145. The molecule has 0 heterocycles. The Morgan fingerprint density at radius 2 is 2.09 bits per heavy atom. The largest absolute Gasteiger partial charge is 0.465 e. The van der Waals surface area contributed by atoms with E-state index in [9.17, 15) is 9.59 Å². The molecule has 1 amide bonds. The number of ether oxygens (including phenoxy) is 1. The van der Waals surface area contributed by atoms with Gasteiger partial charge in [0.15, 0.2) is 0 Å². The van der Waals surface area contributed by atoms with Gasteiger partial charge in [0.25, 0.3) is 0 Å². The summed E-state index contributed by atoms with van der Waals surface area (Å²) >= 11 is 0. The number of carbonyl (C=O) groups excluding carboxylic acids is 2. The minimum Gasteiger partial charge on any atom is -0.465 e. The van der Waals surface area contributed by atoms with E-state index in [4.69, 9.17) is 11.5 Å². The van der Waals surface area contributed by atoms with Crippen molar-refractivity contribution in [2.45, 2.75) is 19.4 Å². The number of rotatable bonds is 4. The highest BCUT2D eigenvalue weighted by atomic mass is 16.5. The molecule has 4 N–H and O–H groups in total. The average molecular weight is 160 g/mol. The van der Waals surface area contributed by atoms with Crippen LogP contribution in [0.5, 0.6) is 0 Å². The maximum absolute atomic E-state index is 10.7. The minimum atomic E-state index is -0.924. The Hall–Kier alpha value is -1.10. The second kappa shape index (κ2) is 4.68. The maximum Gasteiger partial charge on any atom is 0.323 e. The summed E-state index contributed by atoms with van der Waals surface area (Å²) in [5.41, 5.74) is 10.0. The molecule has 0 rings (SSSR count). The molecule has 0 aromatic heterocycles. The first-order valence-electron chi connectivity index (χ1n) is 3.28. The summed E-state index contributed by atoms with van der Waals surface area (Å²) in [5, 5.41) is 0. The summed E-state index contributed by atoms with van der Waals surface area (Å²) in [6, 6.07) is -0.924. The summed E-state index contributed by atoms with van der Waals surface area (Å²) in [5.74, 6) is -1.20. The zero-order chi connectivity index (χ0) is 8.85. The lowest BCUT2D eigenvalue weighted by atomic mass is 10.2. The van der Waals surface area contributed by atoms with Crippen molar-refractivity contribution in [3.8, 4) is 0 Å². The molecular weight excluding hydrogens is 148 g/mol. The van der Waals surface area contributed by atoms with Crippen LogP contribution in [0.4, 0.5) is 0 Å². The summed E-state index contributed by atoms with van der Waals surface area (Å²) in [4.78, 5) is 21.0. The van der Waals surface area contributed by atoms with Crippen molar-refractivity contribution < 1.29 is 14.3 Å². The number of esters is 1. The molecule has 0 saturated carbocycles. The van der Waals surface area contributed by atoms with Crippen LogP contribution in [0.1, 0.15) is 13.3 Å². The Kier molecular flexibility index (Phi) is 4.21. The molecule has 1 atom stereocenters. The molecule has 0 aliphatic rings. The molecule has 64 valence electrons. The summed E-state index contributed by atoms with van der Waals surface area (Å²) in [6.07, 6.45) is -0.168. The van der Waals surface area contributed by atoms with Crippen LogP contribution in [0.3, 0.4) is 0 Å². The molecular formula is C6H12N2O3. The van der Waals surface area contributed by atoms with E-state index < -0.39 is 17.9 Å². The number of carbonyl (C=O) groups is 2. The lowest BCUT2D eigenvalue weighted by Gasteiger charge is -2.06. The lowest BCUT2D eigenvalue weighted by Crippen LogP contribution is -2.36. The Labute approximate surface area is 64.7 Å². The molecule has 11 heavy (non-hydrogen) atoms. The van der Waals surface area contributed by atoms with Crippen molar-refractivity contribution >= 4 is 11.9 Å². The Morgan fingerprint density at radius 1 is 1.55 bits per heavy atom. The second-order valence-electron chi connectivity index (χ2n) is 2.03. The number of nitrogens with two attached hydrogens (primary N) is 2. The van der Waals surface area contributed by atoms with Gasteiger partial charge < -0.3 is 16.2 Å². The number of amides is 1. The molecule has 5 nitrogen and oxygen atoms in total. The highest BCUT2D eigenvalue weighted by molar-refractivity contribution is 5.84. The molecule has 0 unspecified atom stereocenters. The normalized spacial score (nSPS) is 12.2. The van der Waals surface area contributed by atoms with Crippen molar-refractivity contribution in [1.29, 1.82) is 0 Å². The van der Waals surface area contributed by atoms with Crippen LogP contribution in [0.25, 0.3) is 0 Å². The van der Waals surface area contributed by atoms with E-state index >= 15 is 0 Å². The molecule has 0 radical (unpaired) electrons.